The van der Waals surface area contributed by atoms with E-state index in [1.54, 1.807) is 0 Å². The third-order valence-corrected chi connectivity index (χ3v) is 1.88. The van der Waals surface area contributed by atoms with Gasteiger partial charge in [0.05, 0.1) is 5.56 Å². The second kappa shape index (κ2) is 3.96. The number of pyridine rings is 1. The van der Waals surface area contributed by atoms with E-state index in [2.05, 4.69) is 4.98 Å². The maximum atomic E-state index is 12.4. The molecule has 0 radical (unpaired) electrons. The van der Waals surface area contributed by atoms with Crippen LogP contribution in [0.1, 0.15) is 23.1 Å². The van der Waals surface area contributed by atoms with E-state index in [0.717, 1.165) is 6.20 Å². The number of hydrogen-bond donors (Lipinski definition) is 0. The van der Waals surface area contributed by atoms with Crippen LogP contribution in [0.25, 0.3) is 0 Å². The average molecular weight is 213 g/mol. The molecule has 7 heteroatoms. The molecule has 1 rings (SSSR count). The monoisotopic (exact) mass is 213 g/mol. The number of aromatic nitrogens is 1. The smallest absolute Gasteiger partial charge is 0.358 e. The SMILES string of the molecule is Cc1c(C(F)F)cnc([N+](=O)[O-])c1C#N. The van der Waals surface area contributed by atoms with Crippen LogP contribution in [-0.4, -0.2) is 9.91 Å². The van der Waals surface area contributed by atoms with Crippen molar-refractivity contribution in [1.82, 2.24) is 4.98 Å². The summed E-state index contributed by atoms with van der Waals surface area (Å²) in [5.41, 5.74) is -0.982. The first kappa shape index (κ1) is 11.0. The Balaban J connectivity index is 3.48. The summed E-state index contributed by atoms with van der Waals surface area (Å²) in [7, 11) is 0. The lowest BCUT2D eigenvalue weighted by molar-refractivity contribution is -0.389. The molecule has 0 bridgehead atoms. The fourth-order valence-electron chi connectivity index (χ4n) is 1.10. The Morgan fingerprint density at radius 3 is 2.67 bits per heavy atom. The van der Waals surface area contributed by atoms with Crippen molar-refractivity contribution in [3.8, 4) is 6.07 Å². The van der Waals surface area contributed by atoms with Gasteiger partial charge in [-0.2, -0.15) is 5.26 Å². The molecule has 15 heavy (non-hydrogen) atoms. The van der Waals surface area contributed by atoms with Gasteiger partial charge in [-0.25, -0.2) is 8.78 Å². The van der Waals surface area contributed by atoms with Crippen molar-refractivity contribution in [3.05, 3.63) is 33.0 Å². The van der Waals surface area contributed by atoms with E-state index >= 15 is 0 Å². The summed E-state index contributed by atoms with van der Waals surface area (Å²) in [6.45, 7) is 1.23. The quantitative estimate of drug-likeness (QED) is 0.556. The zero-order valence-corrected chi connectivity index (χ0v) is 7.57. The number of rotatable bonds is 2. The molecule has 0 saturated carbocycles. The molecule has 0 aromatic carbocycles. The Bertz CT molecular complexity index is 454. The van der Waals surface area contributed by atoms with Gasteiger partial charge in [0, 0.05) is 0 Å². The van der Waals surface area contributed by atoms with Gasteiger partial charge in [-0.05, 0) is 22.4 Å². The molecule has 0 aliphatic heterocycles. The highest BCUT2D eigenvalue weighted by Gasteiger charge is 2.24. The van der Waals surface area contributed by atoms with Gasteiger partial charge in [-0.15, -0.1) is 0 Å². The third-order valence-electron chi connectivity index (χ3n) is 1.88. The molecular formula is C8H5F2N3O2. The Hall–Kier alpha value is -2.10. The summed E-state index contributed by atoms with van der Waals surface area (Å²) >= 11 is 0. The van der Waals surface area contributed by atoms with Crippen molar-refractivity contribution in [3.63, 3.8) is 0 Å². The van der Waals surface area contributed by atoms with Crippen LogP contribution in [0.15, 0.2) is 6.20 Å². The van der Waals surface area contributed by atoms with Gasteiger partial charge in [0.15, 0.2) is 5.56 Å². The highest BCUT2D eigenvalue weighted by molar-refractivity contribution is 5.51. The van der Waals surface area contributed by atoms with Crippen LogP contribution in [0.4, 0.5) is 14.6 Å². The molecule has 0 spiro atoms. The number of nitro groups is 1. The molecule has 1 aromatic heterocycles. The van der Waals surface area contributed by atoms with Gasteiger partial charge in [-0.3, -0.25) is 0 Å². The van der Waals surface area contributed by atoms with E-state index in [9.17, 15) is 18.9 Å². The summed E-state index contributed by atoms with van der Waals surface area (Å²) in [4.78, 5) is 12.8. The van der Waals surface area contributed by atoms with Crippen molar-refractivity contribution in [2.24, 2.45) is 0 Å². The van der Waals surface area contributed by atoms with Gasteiger partial charge in [0.25, 0.3) is 6.43 Å². The normalized spacial score (nSPS) is 10.1. The minimum absolute atomic E-state index is 0.103. The molecule has 5 nitrogen and oxygen atoms in total. The van der Waals surface area contributed by atoms with Crippen molar-refractivity contribution in [2.45, 2.75) is 13.3 Å². The number of hydrogen-bond acceptors (Lipinski definition) is 4. The molecule has 1 aromatic rings. The molecule has 0 atom stereocenters. The Morgan fingerprint density at radius 2 is 2.27 bits per heavy atom. The summed E-state index contributed by atoms with van der Waals surface area (Å²) in [6.07, 6.45) is -2.08. The van der Waals surface area contributed by atoms with Crippen LogP contribution in [0.5, 0.6) is 0 Å². The summed E-state index contributed by atoms with van der Waals surface area (Å²) in [6, 6.07) is 1.50. The Labute approximate surface area is 83.1 Å². The molecule has 0 saturated heterocycles. The summed E-state index contributed by atoms with van der Waals surface area (Å²) in [5, 5.41) is 19.0. The molecular weight excluding hydrogens is 208 g/mol. The lowest BCUT2D eigenvalue weighted by Gasteiger charge is -2.03. The average Bonchev–Trinajstić information content (AvgIpc) is 2.16. The first-order chi connectivity index (χ1) is 6.99. The number of halogens is 2. The van der Waals surface area contributed by atoms with Gasteiger partial charge < -0.3 is 10.1 Å². The minimum Gasteiger partial charge on any atom is -0.358 e. The van der Waals surface area contributed by atoms with Crippen LogP contribution >= 0.6 is 0 Å². The van der Waals surface area contributed by atoms with Crippen molar-refractivity contribution < 1.29 is 13.7 Å². The van der Waals surface area contributed by atoms with E-state index in [1.165, 1.54) is 13.0 Å². The molecule has 0 aliphatic carbocycles. The molecule has 1 heterocycles. The highest BCUT2D eigenvalue weighted by Crippen LogP contribution is 2.27. The van der Waals surface area contributed by atoms with Crippen molar-refractivity contribution >= 4 is 5.82 Å². The maximum Gasteiger partial charge on any atom is 0.381 e. The lowest BCUT2D eigenvalue weighted by atomic mass is 10.1. The van der Waals surface area contributed by atoms with Crippen LogP contribution in [-0.2, 0) is 0 Å². The van der Waals surface area contributed by atoms with E-state index in [4.69, 9.17) is 5.26 Å². The summed E-state index contributed by atoms with van der Waals surface area (Å²) in [5.74, 6) is -0.695. The fourth-order valence-corrected chi connectivity index (χ4v) is 1.10. The second-order valence-corrected chi connectivity index (χ2v) is 2.71. The zero-order valence-electron chi connectivity index (χ0n) is 7.57. The Morgan fingerprint density at radius 1 is 1.67 bits per heavy atom. The molecule has 0 aliphatic rings. The van der Waals surface area contributed by atoms with E-state index in [1.807, 2.05) is 0 Å². The van der Waals surface area contributed by atoms with Crippen LogP contribution in [0, 0.1) is 28.4 Å². The third kappa shape index (κ3) is 1.88. The van der Waals surface area contributed by atoms with E-state index in [0.29, 0.717) is 0 Å². The minimum atomic E-state index is -2.80. The van der Waals surface area contributed by atoms with Crippen LogP contribution in [0.2, 0.25) is 0 Å². The maximum absolute atomic E-state index is 12.4. The standard InChI is InChI=1S/C8H5F2N3O2/c1-4-5(2-11)8(13(14)15)12-3-6(4)7(9)10/h3,7H,1H3. The molecule has 78 valence electrons. The van der Waals surface area contributed by atoms with Crippen molar-refractivity contribution in [2.75, 3.05) is 0 Å². The molecule has 0 unspecified atom stereocenters. The number of alkyl halides is 2. The van der Waals surface area contributed by atoms with Crippen LogP contribution in [0.3, 0.4) is 0 Å². The van der Waals surface area contributed by atoms with Gasteiger partial charge in [0.1, 0.15) is 12.3 Å². The van der Waals surface area contributed by atoms with E-state index < -0.39 is 28.3 Å². The topological polar surface area (TPSA) is 79.8 Å². The number of nitrogens with zero attached hydrogens (tertiary/aromatic N) is 3. The van der Waals surface area contributed by atoms with Gasteiger partial charge in [-0.1, -0.05) is 0 Å². The first-order valence-electron chi connectivity index (χ1n) is 3.81. The summed E-state index contributed by atoms with van der Waals surface area (Å²) < 4.78 is 24.7. The fraction of sp³-hybridized carbons (Fsp3) is 0.250. The number of nitriles is 1. The zero-order chi connectivity index (χ0) is 11.6. The van der Waals surface area contributed by atoms with Gasteiger partial charge in [0.2, 0.25) is 0 Å². The molecule has 0 N–H and O–H groups in total. The molecule has 0 fully saturated rings. The predicted molar refractivity (Wildman–Crippen MR) is 45.3 cm³/mol. The van der Waals surface area contributed by atoms with Crippen molar-refractivity contribution in [1.29, 1.82) is 5.26 Å². The Kier molecular flexibility index (Phi) is 2.90. The van der Waals surface area contributed by atoms with Gasteiger partial charge >= 0.3 is 5.82 Å². The second-order valence-electron chi connectivity index (χ2n) is 2.71. The lowest BCUT2D eigenvalue weighted by Crippen LogP contribution is -2.02. The van der Waals surface area contributed by atoms with Crippen LogP contribution < -0.4 is 0 Å². The highest BCUT2D eigenvalue weighted by atomic mass is 19.3. The largest absolute Gasteiger partial charge is 0.381 e. The van der Waals surface area contributed by atoms with E-state index in [-0.39, 0.29) is 5.56 Å². The molecule has 0 amide bonds. The first-order valence-corrected chi connectivity index (χ1v) is 3.81. The predicted octanol–water partition coefficient (Wildman–Crippen LogP) is 2.11.